The summed E-state index contributed by atoms with van der Waals surface area (Å²) in [6.45, 7) is 1.34. The van der Waals surface area contributed by atoms with Crippen LogP contribution < -0.4 is 9.62 Å². The molecule has 1 amide bonds. The Hall–Kier alpha value is -2.89. The van der Waals surface area contributed by atoms with Gasteiger partial charge in [-0.1, -0.05) is 17.7 Å². The number of benzene rings is 2. The van der Waals surface area contributed by atoms with E-state index in [0.29, 0.717) is 21.8 Å². The molecule has 0 aliphatic rings. The van der Waals surface area contributed by atoms with Crippen molar-refractivity contribution in [1.29, 1.82) is 0 Å². The highest BCUT2D eigenvalue weighted by Crippen LogP contribution is 2.32. The number of anilines is 1. The van der Waals surface area contributed by atoms with Crippen LogP contribution in [-0.2, 0) is 28.5 Å². The molecule has 3 aromatic rings. The van der Waals surface area contributed by atoms with Crippen LogP contribution in [0.4, 0.5) is 18.9 Å². The van der Waals surface area contributed by atoms with Gasteiger partial charge in [0.1, 0.15) is 11.4 Å². The molecule has 34 heavy (non-hydrogen) atoms. The zero-order valence-electron chi connectivity index (χ0n) is 17.6. The lowest BCUT2D eigenvalue weighted by Crippen LogP contribution is -2.38. The Morgan fingerprint density at radius 2 is 1.85 bits per heavy atom. The number of nitrogens with zero attached hydrogens (tertiary/aromatic N) is 1. The zero-order valence-corrected chi connectivity index (χ0v) is 19.9. The van der Waals surface area contributed by atoms with Gasteiger partial charge < -0.3 is 10.4 Å². The molecule has 0 saturated heterocycles. The van der Waals surface area contributed by atoms with E-state index in [9.17, 15) is 27.0 Å². The summed E-state index contributed by atoms with van der Waals surface area (Å²) in [5.41, 5.74) is 0.629. The number of thiophene rings is 1. The van der Waals surface area contributed by atoms with Gasteiger partial charge in [0.25, 0.3) is 0 Å². The fraction of sp³-hybridized carbons (Fsp3) is 0.182. The lowest BCUT2D eigenvalue weighted by molar-refractivity contribution is -0.137. The van der Waals surface area contributed by atoms with Crippen molar-refractivity contribution in [3.63, 3.8) is 0 Å². The molecule has 1 aromatic heterocycles. The van der Waals surface area contributed by atoms with E-state index in [2.05, 4.69) is 5.32 Å². The number of alkyl halides is 3. The average Bonchev–Trinajstić information content (AvgIpc) is 3.27. The molecule has 0 aliphatic carbocycles. The standard InChI is InChI=1S/C22H18ClF3N2O4S2/c1-13-17(23)3-2-4-18(13)28(34(32)16-7-5-15(6-8-16)22(24,25)26)11-20(29)27-10-14-9-19(21(30)31)33-12-14/h2-9,12H,10-11H2,1H3,(H,27,29)(H,30,31). The summed E-state index contributed by atoms with van der Waals surface area (Å²) < 4.78 is 53.3. The molecule has 1 unspecified atom stereocenters. The van der Waals surface area contributed by atoms with E-state index in [1.54, 1.807) is 30.5 Å². The van der Waals surface area contributed by atoms with Crippen LogP contribution in [0, 0.1) is 6.92 Å². The largest absolute Gasteiger partial charge is 0.477 e. The van der Waals surface area contributed by atoms with E-state index in [0.717, 1.165) is 35.6 Å². The van der Waals surface area contributed by atoms with Gasteiger partial charge in [0.15, 0.2) is 11.0 Å². The molecular formula is C22H18ClF3N2O4S2. The van der Waals surface area contributed by atoms with E-state index in [4.69, 9.17) is 16.7 Å². The lowest BCUT2D eigenvalue weighted by atomic mass is 10.2. The number of carboxylic acid groups (broad SMARTS) is 1. The fourth-order valence-electron chi connectivity index (χ4n) is 2.95. The number of rotatable bonds is 8. The molecule has 12 heteroatoms. The van der Waals surface area contributed by atoms with E-state index >= 15 is 0 Å². The highest BCUT2D eigenvalue weighted by Gasteiger charge is 2.30. The first-order chi connectivity index (χ1) is 16.0. The van der Waals surface area contributed by atoms with Gasteiger partial charge in [0.05, 0.1) is 16.1 Å². The van der Waals surface area contributed by atoms with Crippen molar-refractivity contribution in [3.8, 4) is 0 Å². The predicted octanol–water partition coefficient (Wildman–Crippen LogP) is 5.27. The van der Waals surface area contributed by atoms with Crippen LogP contribution in [0.1, 0.15) is 26.4 Å². The molecule has 6 nitrogen and oxygen atoms in total. The third-order valence-electron chi connectivity index (χ3n) is 4.73. The number of amides is 1. The smallest absolute Gasteiger partial charge is 0.416 e. The summed E-state index contributed by atoms with van der Waals surface area (Å²) >= 11 is 7.21. The second-order valence-corrected chi connectivity index (χ2v) is 9.82. The number of hydrogen-bond donors (Lipinski definition) is 2. The Kier molecular flexibility index (Phi) is 8.01. The summed E-state index contributed by atoms with van der Waals surface area (Å²) in [6.07, 6.45) is -4.54. The summed E-state index contributed by atoms with van der Waals surface area (Å²) in [5, 5.41) is 13.6. The SMILES string of the molecule is Cc1c(Cl)cccc1N(CC(=O)NCc1csc(C(=O)O)c1)S(=O)c1ccc(C(F)(F)F)cc1. The number of hydrogen-bond acceptors (Lipinski definition) is 4. The second-order valence-electron chi connectivity index (χ2n) is 7.09. The zero-order chi connectivity index (χ0) is 25.0. The van der Waals surface area contributed by atoms with Gasteiger partial charge in [-0.25, -0.2) is 9.00 Å². The second kappa shape index (κ2) is 10.6. The van der Waals surface area contributed by atoms with Crippen LogP contribution in [0.3, 0.4) is 0 Å². The highest BCUT2D eigenvalue weighted by atomic mass is 35.5. The minimum atomic E-state index is -4.54. The van der Waals surface area contributed by atoms with Gasteiger partial charge in [-0.15, -0.1) is 11.3 Å². The number of carbonyl (C=O) groups excluding carboxylic acids is 1. The van der Waals surface area contributed by atoms with Crippen LogP contribution in [0.2, 0.25) is 5.02 Å². The molecule has 0 bridgehead atoms. The van der Waals surface area contributed by atoms with Gasteiger partial charge in [-0.05, 0) is 65.9 Å². The van der Waals surface area contributed by atoms with Crippen LogP contribution >= 0.6 is 22.9 Å². The Labute approximate surface area is 204 Å². The molecule has 2 N–H and O–H groups in total. The molecule has 1 atom stereocenters. The van der Waals surface area contributed by atoms with Gasteiger partial charge in [-0.3, -0.25) is 9.10 Å². The number of carbonyl (C=O) groups is 2. The third-order valence-corrected chi connectivity index (χ3v) is 7.51. The normalized spacial score (nSPS) is 12.3. The van der Waals surface area contributed by atoms with Crippen molar-refractivity contribution in [2.24, 2.45) is 0 Å². The van der Waals surface area contributed by atoms with Crippen LogP contribution in [0.5, 0.6) is 0 Å². The van der Waals surface area contributed by atoms with Crippen LogP contribution in [-0.4, -0.2) is 27.7 Å². The Balaban J connectivity index is 1.83. The van der Waals surface area contributed by atoms with Crippen LogP contribution in [0.25, 0.3) is 0 Å². The van der Waals surface area contributed by atoms with E-state index < -0.39 is 34.6 Å². The molecule has 0 fully saturated rings. The molecule has 180 valence electrons. The predicted molar refractivity (Wildman–Crippen MR) is 125 cm³/mol. The third kappa shape index (κ3) is 6.16. The molecule has 2 aromatic carbocycles. The van der Waals surface area contributed by atoms with Crippen molar-refractivity contribution in [1.82, 2.24) is 5.32 Å². The first-order valence-electron chi connectivity index (χ1n) is 9.66. The average molecular weight is 531 g/mol. The molecule has 0 saturated carbocycles. The fourth-order valence-corrected chi connectivity index (χ4v) is 5.11. The minimum Gasteiger partial charge on any atom is -0.477 e. The first kappa shape index (κ1) is 25.7. The Morgan fingerprint density at radius 3 is 2.44 bits per heavy atom. The number of carboxylic acids is 1. The molecule has 1 heterocycles. The maximum absolute atomic E-state index is 13.3. The maximum Gasteiger partial charge on any atom is 0.416 e. The Morgan fingerprint density at radius 1 is 1.18 bits per heavy atom. The number of nitrogens with one attached hydrogen (secondary N) is 1. The topological polar surface area (TPSA) is 86.7 Å². The summed E-state index contributed by atoms with van der Waals surface area (Å²) in [5.74, 6) is -1.60. The van der Waals surface area contributed by atoms with Gasteiger partial charge in [-0.2, -0.15) is 13.2 Å². The number of halogens is 4. The minimum absolute atomic E-state index is 0.0535. The quantitative estimate of drug-likeness (QED) is 0.415. The summed E-state index contributed by atoms with van der Waals surface area (Å²) in [4.78, 5) is 23.9. The van der Waals surface area contributed by atoms with Crippen molar-refractivity contribution >= 4 is 51.5 Å². The van der Waals surface area contributed by atoms with E-state index in [1.807, 2.05) is 0 Å². The summed E-state index contributed by atoms with van der Waals surface area (Å²) in [7, 11) is -2.03. The molecular weight excluding hydrogens is 513 g/mol. The molecule has 3 rings (SSSR count). The highest BCUT2D eigenvalue weighted by molar-refractivity contribution is 7.86. The molecule has 0 aliphatic heterocycles. The first-order valence-corrected chi connectivity index (χ1v) is 12.0. The van der Waals surface area contributed by atoms with Crippen molar-refractivity contribution in [3.05, 3.63) is 80.5 Å². The Bertz CT molecular complexity index is 1230. The monoisotopic (exact) mass is 530 g/mol. The van der Waals surface area contributed by atoms with Crippen LogP contribution in [0.15, 0.2) is 58.8 Å². The maximum atomic E-state index is 13.3. The van der Waals surface area contributed by atoms with Crippen molar-refractivity contribution < 1.29 is 32.1 Å². The molecule has 0 spiro atoms. The van der Waals surface area contributed by atoms with E-state index in [-0.39, 0.29) is 22.9 Å². The molecule has 0 radical (unpaired) electrons. The van der Waals surface area contributed by atoms with Gasteiger partial charge >= 0.3 is 12.1 Å². The van der Waals surface area contributed by atoms with Gasteiger partial charge in [0.2, 0.25) is 5.91 Å². The van der Waals surface area contributed by atoms with Gasteiger partial charge in [0, 0.05) is 11.6 Å². The lowest BCUT2D eigenvalue weighted by Gasteiger charge is -2.25. The van der Waals surface area contributed by atoms with Crippen molar-refractivity contribution in [2.45, 2.75) is 24.5 Å². The van der Waals surface area contributed by atoms with Crippen molar-refractivity contribution in [2.75, 3.05) is 10.8 Å². The number of aromatic carboxylic acids is 1. The summed E-state index contributed by atoms with van der Waals surface area (Å²) in [6, 6.07) is 10.1. The van der Waals surface area contributed by atoms with E-state index in [1.165, 1.54) is 10.4 Å².